The van der Waals surface area contributed by atoms with E-state index in [2.05, 4.69) is 15.5 Å². The zero-order chi connectivity index (χ0) is 20.2. The van der Waals surface area contributed by atoms with Crippen LogP contribution in [0.2, 0.25) is 0 Å². The Morgan fingerprint density at radius 2 is 1.86 bits per heavy atom. The molecule has 146 valence electrons. The molecular weight excluding hydrogens is 375 g/mol. The minimum absolute atomic E-state index is 0.00557. The van der Waals surface area contributed by atoms with Crippen LogP contribution in [0.25, 0.3) is 22.4 Å². The third-order valence-electron chi connectivity index (χ3n) is 4.48. The van der Waals surface area contributed by atoms with Crippen molar-refractivity contribution in [1.29, 1.82) is 0 Å². The van der Waals surface area contributed by atoms with Crippen LogP contribution in [0.1, 0.15) is 5.56 Å². The molecule has 0 saturated carbocycles. The first-order valence-electron chi connectivity index (χ1n) is 9.04. The first kappa shape index (κ1) is 18.5. The molecule has 0 radical (unpaired) electrons. The van der Waals surface area contributed by atoms with Gasteiger partial charge in [0.25, 0.3) is 11.3 Å². The van der Waals surface area contributed by atoms with E-state index in [0.717, 1.165) is 10.1 Å². The molecule has 1 amide bonds. The molecule has 0 atom stereocenters. The smallest absolute Gasteiger partial charge is 0.267 e. The van der Waals surface area contributed by atoms with Gasteiger partial charge in [-0.15, -0.1) is 0 Å². The Morgan fingerprint density at radius 1 is 1.10 bits per heavy atom. The molecule has 4 aromatic rings. The van der Waals surface area contributed by atoms with E-state index in [-0.39, 0.29) is 34.8 Å². The number of fused-ring (bicyclic) bond motifs is 1. The number of rotatable bonds is 6. The number of nitrogens with one attached hydrogen (secondary N) is 1. The summed E-state index contributed by atoms with van der Waals surface area (Å²) in [6.45, 7) is 0.236. The zero-order valence-corrected chi connectivity index (χ0v) is 15.3. The predicted molar refractivity (Wildman–Crippen MR) is 105 cm³/mol. The molecule has 7 nitrogen and oxygen atoms in total. The summed E-state index contributed by atoms with van der Waals surface area (Å²) in [6.07, 6.45) is 1.90. The first-order valence-corrected chi connectivity index (χ1v) is 9.04. The number of carbonyl (C=O) groups is 1. The van der Waals surface area contributed by atoms with Crippen LogP contribution in [0, 0.1) is 5.82 Å². The second kappa shape index (κ2) is 8.05. The number of carbonyl (C=O) groups excluding carboxylic acids is 1. The van der Waals surface area contributed by atoms with Crippen LogP contribution in [-0.2, 0) is 17.8 Å². The van der Waals surface area contributed by atoms with Gasteiger partial charge in [-0.1, -0.05) is 47.6 Å². The summed E-state index contributed by atoms with van der Waals surface area (Å²) in [6, 6.07) is 15.7. The Balaban J connectivity index is 1.53. The highest BCUT2D eigenvalue weighted by atomic mass is 19.1. The number of benzene rings is 2. The van der Waals surface area contributed by atoms with E-state index in [9.17, 15) is 14.0 Å². The van der Waals surface area contributed by atoms with Crippen molar-refractivity contribution in [3.63, 3.8) is 0 Å². The van der Waals surface area contributed by atoms with Crippen molar-refractivity contribution in [1.82, 2.24) is 20.0 Å². The molecule has 0 aliphatic carbocycles. The molecular formula is C21H17FN4O3. The van der Waals surface area contributed by atoms with Crippen LogP contribution in [0.5, 0.6) is 0 Å². The van der Waals surface area contributed by atoms with Crippen LogP contribution < -0.4 is 10.9 Å². The number of aromatic nitrogens is 3. The average molecular weight is 392 g/mol. The monoisotopic (exact) mass is 392 g/mol. The molecule has 0 aliphatic heterocycles. The van der Waals surface area contributed by atoms with Crippen LogP contribution in [0.4, 0.5) is 4.39 Å². The second-order valence-corrected chi connectivity index (χ2v) is 6.45. The van der Waals surface area contributed by atoms with Gasteiger partial charge in [-0.25, -0.2) is 9.37 Å². The van der Waals surface area contributed by atoms with Crippen molar-refractivity contribution in [2.45, 2.75) is 13.0 Å². The lowest BCUT2D eigenvalue weighted by molar-refractivity contribution is -0.121. The molecule has 29 heavy (non-hydrogen) atoms. The maximum atomic E-state index is 14.1. The summed E-state index contributed by atoms with van der Waals surface area (Å²) in [5.74, 6) is -0.857. The maximum Gasteiger partial charge on any atom is 0.267 e. The molecule has 0 bridgehead atoms. The zero-order valence-electron chi connectivity index (χ0n) is 15.3. The van der Waals surface area contributed by atoms with Gasteiger partial charge < -0.3 is 9.84 Å². The third-order valence-corrected chi connectivity index (χ3v) is 4.48. The molecule has 1 N–H and O–H groups in total. The van der Waals surface area contributed by atoms with Crippen LogP contribution >= 0.6 is 0 Å². The van der Waals surface area contributed by atoms with Crippen molar-refractivity contribution in [2.75, 3.05) is 6.54 Å². The SMILES string of the molecule is O=C(Cn1cnc2onc(-c3ccccc3F)c2c1=O)NCCc1ccccc1. The quantitative estimate of drug-likeness (QED) is 0.545. The van der Waals surface area contributed by atoms with Gasteiger partial charge in [0.05, 0.1) is 0 Å². The Hall–Kier alpha value is -3.81. The van der Waals surface area contributed by atoms with E-state index in [1.807, 2.05) is 30.3 Å². The molecule has 2 aromatic carbocycles. The average Bonchev–Trinajstić information content (AvgIpc) is 3.16. The second-order valence-electron chi connectivity index (χ2n) is 6.45. The van der Waals surface area contributed by atoms with E-state index in [4.69, 9.17) is 4.52 Å². The van der Waals surface area contributed by atoms with Gasteiger partial charge in [0.1, 0.15) is 29.8 Å². The number of hydrogen-bond donors (Lipinski definition) is 1. The minimum Gasteiger partial charge on any atom is -0.354 e. The fourth-order valence-electron chi connectivity index (χ4n) is 3.03. The molecule has 0 fully saturated rings. The van der Waals surface area contributed by atoms with Crippen LogP contribution in [0.3, 0.4) is 0 Å². The molecule has 0 spiro atoms. The maximum absolute atomic E-state index is 14.1. The van der Waals surface area contributed by atoms with Gasteiger partial charge in [0, 0.05) is 12.1 Å². The lowest BCUT2D eigenvalue weighted by Crippen LogP contribution is -2.33. The van der Waals surface area contributed by atoms with Gasteiger partial charge in [0.2, 0.25) is 5.91 Å². The van der Waals surface area contributed by atoms with Crippen LogP contribution in [-0.4, -0.2) is 27.2 Å². The van der Waals surface area contributed by atoms with Crippen molar-refractivity contribution >= 4 is 17.0 Å². The Morgan fingerprint density at radius 3 is 2.66 bits per heavy atom. The lowest BCUT2D eigenvalue weighted by atomic mass is 10.1. The van der Waals surface area contributed by atoms with E-state index >= 15 is 0 Å². The van der Waals surface area contributed by atoms with Crippen LogP contribution in [0.15, 0.2) is 70.2 Å². The minimum atomic E-state index is -0.531. The molecule has 8 heteroatoms. The van der Waals surface area contributed by atoms with Gasteiger partial charge in [-0.3, -0.25) is 14.2 Å². The summed E-state index contributed by atoms with van der Waals surface area (Å²) in [5.41, 5.74) is 0.776. The van der Waals surface area contributed by atoms with Gasteiger partial charge in [-0.05, 0) is 24.1 Å². The molecule has 0 saturated heterocycles. The van der Waals surface area contributed by atoms with E-state index < -0.39 is 11.4 Å². The summed E-state index contributed by atoms with van der Waals surface area (Å²) < 4.78 is 20.4. The number of amides is 1. The normalized spacial score (nSPS) is 10.9. The topological polar surface area (TPSA) is 90.0 Å². The van der Waals surface area contributed by atoms with E-state index in [0.29, 0.717) is 13.0 Å². The Kier molecular flexibility index (Phi) is 5.15. The lowest BCUT2D eigenvalue weighted by Gasteiger charge is -2.07. The molecule has 4 rings (SSSR count). The number of hydrogen-bond acceptors (Lipinski definition) is 5. The summed E-state index contributed by atoms with van der Waals surface area (Å²) >= 11 is 0. The summed E-state index contributed by atoms with van der Waals surface area (Å²) in [5, 5.41) is 6.61. The summed E-state index contributed by atoms with van der Waals surface area (Å²) in [7, 11) is 0. The summed E-state index contributed by atoms with van der Waals surface area (Å²) in [4.78, 5) is 29.1. The van der Waals surface area contributed by atoms with Crippen molar-refractivity contribution in [3.8, 4) is 11.3 Å². The molecule has 2 heterocycles. The predicted octanol–water partition coefficient (Wildman–Crippen LogP) is 2.55. The Bertz CT molecular complexity index is 1220. The highest BCUT2D eigenvalue weighted by molar-refractivity contribution is 5.89. The fourth-order valence-corrected chi connectivity index (χ4v) is 3.03. The van der Waals surface area contributed by atoms with Crippen molar-refractivity contribution in [3.05, 3.63) is 82.7 Å². The van der Waals surface area contributed by atoms with Crippen molar-refractivity contribution < 1.29 is 13.7 Å². The van der Waals surface area contributed by atoms with Crippen molar-refractivity contribution in [2.24, 2.45) is 0 Å². The van der Waals surface area contributed by atoms with E-state index in [1.54, 1.807) is 6.07 Å². The molecule has 2 aromatic heterocycles. The molecule has 0 aliphatic rings. The largest absolute Gasteiger partial charge is 0.354 e. The van der Waals surface area contributed by atoms with Gasteiger partial charge in [-0.2, -0.15) is 0 Å². The highest BCUT2D eigenvalue weighted by Gasteiger charge is 2.19. The first-order chi connectivity index (χ1) is 14.1. The van der Waals surface area contributed by atoms with Gasteiger partial charge >= 0.3 is 0 Å². The standard InChI is InChI=1S/C21H17FN4O3/c22-16-9-5-4-8-15(16)19-18-20(29-25-19)24-13-26(21(18)28)12-17(27)23-11-10-14-6-2-1-3-7-14/h1-9,13H,10-12H2,(H,23,27). The van der Waals surface area contributed by atoms with E-state index in [1.165, 1.54) is 24.5 Å². The number of halogens is 1. The third kappa shape index (κ3) is 3.91. The number of nitrogens with zero attached hydrogens (tertiary/aromatic N) is 3. The highest BCUT2D eigenvalue weighted by Crippen LogP contribution is 2.26. The molecule has 0 unspecified atom stereocenters. The van der Waals surface area contributed by atoms with Gasteiger partial charge in [0.15, 0.2) is 0 Å². The Labute approximate surface area is 164 Å². The fraction of sp³-hybridized carbons (Fsp3) is 0.143.